The number of amides is 1. The van der Waals surface area contributed by atoms with E-state index in [0.717, 1.165) is 12.8 Å². The van der Waals surface area contributed by atoms with Crippen LogP contribution < -0.4 is 5.32 Å². The minimum atomic E-state index is -0.305. The smallest absolute Gasteiger partial charge is 0.302 e. The number of nitrogens with one attached hydrogen (secondary N) is 1. The van der Waals surface area contributed by atoms with Crippen LogP contribution in [0.25, 0.3) is 0 Å². The van der Waals surface area contributed by atoms with Gasteiger partial charge in [-0.05, 0) is 30.6 Å². The van der Waals surface area contributed by atoms with Crippen LogP contribution in [0, 0.1) is 23.7 Å². The van der Waals surface area contributed by atoms with Gasteiger partial charge >= 0.3 is 5.97 Å². The molecule has 110 valence electrons. The number of esters is 1. The van der Waals surface area contributed by atoms with Gasteiger partial charge in [0, 0.05) is 12.8 Å². The molecule has 4 heteroatoms. The quantitative estimate of drug-likeness (QED) is 0.616. The first-order valence-electron chi connectivity index (χ1n) is 7.32. The van der Waals surface area contributed by atoms with Gasteiger partial charge in [0.2, 0.25) is 5.91 Å². The van der Waals surface area contributed by atoms with E-state index in [1.807, 2.05) is 0 Å². The van der Waals surface area contributed by atoms with Crippen molar-refractivity contribution < 1.29 is 14.3 Å². The second-order valence-electron chi connectivity index (χ2n) is 6.06. The average Bonchev–Trinajstić information content (AvgIpc) is 2.33. The lowest BCUT2D eigenvalue weighted by Gasteiger charge is -2.36. The predicted molar refractivity (Wildman–Crippen MR) is 74.5 cm³/mol. The molecule has 0 bridgehead atoms. The van der Waals surface area contributed by atoms with Crippen LogP contribution >= 0.6 is 0 Å². The molecule has 0 aromatic rings. The molecule has 0 spiro atoms. The van der Waals surface area contributed by atoms with Crippen LogP contribution in [-0.4, -0.2) is 25.0 Å². The Morgan fingerprint density at radius 2 is 2.00 bits per heavy atom. The second kappa shape index (κ2) is 7.51. The normalized spacial score (nSPS) is 27.1. The summed E-state index contributed by atoms with van der Waals surface area (Å²) in [5, 5.41) is 2.90. The first-order chi connectivity index (χ1) is 8.91. The van der Waals surface area contributed by atoms with Crippen LogP contribution in [0.15, 0.2) is 0 Å². The zero-order chi connectivity index (χ0) is 14.4. The van der Waals surface area contributed by atoms with Crippen molar-refractivity contribution in [3.05, 3.63) is 0 Å². The number of hydrogen-bond donors (Lipinski definition) is 1. The van der Waals surface area contributed by atoms with Crippen molar-refractivity contribution in [1.29, 1.82) is 0 Å². The standard InChI is InChI=1S/C15H27NO3/c1-10(2)13-6-5-11(3)9-14(13)15(18)16-7-8-19-12(4)17/h10-11,13-14H,5-9H2,1-4H3,(H,16,18). The summed E-state index contributed by atoms with van der Waals surface area (Å²) < 4.78 is 4.82. The third-order valence-electron chi connectivity index (χ3n) is 4.07. The molecule has 0 radical (unpaired) electrons. The molecule has 1 rings (SSSR count). The highest BCUT2D eigenvalue weighted by atomic mass is 16.5. The van der Waals surface area contributed by atoms with Gasteiger partial charge in [0.25, 0.3) is 0 Å². The fourth-order valence-electron chi connectivity index (χ4n) is 3.00. The zero-order valence-corrected chi connectivity index (χ0v) is 12.6. The summed E-state index contributed by atoms with van der Waals surface area (Å²) in [6.07, 6.45) is 3.34. The van der Waals surface area contributed by atoms with E-state index >= 15 is 0 Å². The van der Waals surface area contributed by atoms with E-state index in [-0.39, 0.29) is 24.4 Å². The van der Waals surface area contributed by atoms with E-state index in [2.05, 4.69) is 26.1 Å². The van der Waals surface area contributed by atoms with Crippen LogP contribution in [0.3, 0.4) is 0 Å². The maximum absolute atomic E-state index is 12.3. The van der Waals surface area contributed by atoms with Crippen molar-refractivity contribution in [3.63, 3.8) is 0 Å². The Hall–Kier alpha value is -1.06. The number of carbonyl (C=O) groups excluding carboxylic acids is 2. The highest BCUT2D eigenvalue weighted by molar-refractivity contribution is 5.79. The largest absolute Gasteiger partial charge is 0.464 e. The van der Waals surface area contributed by atoms with Crippen molar-refractivity contribution in [3.8, 4) is 0 Å². The molecule has 19 heavy (non-hydrogen) atoms. The topological polar surface area (TPSA) is 55.4 Å². The van der Waals surface area contributed by atoms with Gasteiger partial charge < -0.3 is 10.1 Å². The first-order valence-corrected chi connectivity index (χ1v) is 7.32. The number of rotatable bonds is 5. The Morgan fingerprint density at radius 3 is 2.58 bits per heavy atom. The molecule has 0 saturated heterocycles. The molecule has 0 aliphatic heterocycles. The molecule has 1 amide bonds. The van der Waals surface area contributed by atoms with Gasteiger partial charge in [-0.2, -0.15) is 0 Å². The van der Waals surface area contributed by atoms with E-state index in [0.29, 0.717) is 24.3 Å². The van der Waals surface area contributed by atoms with Crippen molar-refractivity contribution in [2.75, 3.05) is 13.2 Å². The molecule has 4 nitrogen and oxygen atoms in total. The monoisotopic (exact) mass is 269 g/mol. The summed E-state index contributed by atoms with van der Waals surface area (Å²) in [4.78, 5) is 22.9. The molecule has 1 saturated carbocycles. The van der Waals surface area contributed by atoms with Crippen LogP contribution in [0.2, 0.25) is 0 Å². The Bertz CT molecular complexity index is 315. The van der Waals surface area contributed by atoms with Gasteiger partial charge in [-0.25, -0.2) is 0 Å². The fraction of sp³-hybridized carbons (Fsp3) is 0.867. The Balaban J connectivity index is 2.44. The Labute approximate surface area is 116 Å². The first kappa shape index (κ1) is 16.0. The lowest BCUT2D eigenvalue weighted by molar-refractivity contribution is -0.141. The molecule has 0 aromatic carbocycles. The van der Waals surface area contributed by atoms with Gasteiger partial charge in [0.15, 0.2) is 0 Å². The molecule has 0 heterocycles. The fourth-order valence-corrected chi connectivity index (χ4v) is 3.00. The average molecular weight is 269 g/mol. The lowest BCUT2D eigenvalue weighted by atomic mass is 9.70. The van der Waals surface area contributed by atoms with E-state index in [9.17, 15) is 9.59 Å². The molecule has 0 aromatic heterocycles. The molecule has 1 fully saturated rings. The third kappa shape index (κ3) is 5.21. The van der Waals surface area contributed by atoms with Crippen molar-refractivity contribution in [2.45, 2.75) is 47.0 Å². The van der Waals surface area contributed by atoms with Gasteiger partial charge in [0.05, 0.1) is 6.54 Å². The minimum absolute atomic E-state index is 0.112. The van der Waals surface area contributed by atoms with E-state index in [4.69, 9.17) is 4.74 Å². The highest BCUT2D eigenvalue weighted by Gasteiger charge is 2.35. The number of carbonyl (C=O) groups is 2. The predicted octanol–water partition coefficient (Wildman–Crippen LogP) is 2.37. The van der Waals surface area contributed by atoms with Crippen molar-refractivity contribution in [1.82, 2.24) is 5.32 Å². The van der Waals surface area contributed by atoms with Crippen LogP contribution in [-0.2, 0) is 14.3 Å². The number of hydrogen-bond acceptors (Lipinski definition) is 3. The molecular formula is C15H27NO3. The second-order valence-corrected chi connectivity index (χ2v) is 6.06. The third-order valence-corrected chi connectivity index (χ3v) is 4.07. The van der Waals surface area contributed by atoms with E-state index in [1.165, 1.54) is 13.3 Å². The molecule has 1 N–H and O–H groups in total. The van der Waals surface area contributed by atoms with Gasteiger partial charge in [-0.3, -0.25) is 9.59 Å². The molecular weight excluding hydrogens is 242 g/mol. The molecule has 3 unspecified atom stereocenters. The summed E-state index contributed by atoms with van der Waals surface area (Å²) >= 11 is 0. The summed E-state index contributed by atoms with van der Waals surface area (Å²) in [7, 11) is 0. The number of ether oxygens (including phenoxy) is 1. The molecule has 1 aliphatic carbocycles. The SMILES string of the molecule is CC(=O)OCCNC(=O)C1CC(C)CCC1C(C)C. The van der Waals surface area contributed by atoms with Crippen molar-refractivity contribution >= 4 is 11.9 Å². The summed E-state index contributed by atoms with van der Waals surface area (Å²) in [6, 6.07) is 0. The summed E-state index contributed by atoms with van der Waals surface area (Å²) in [5.74, 6) is 1.57. The van der Waals surface area contributed by atoms with E-state index in [1.54, 1.807) is 0 Å². The van der Waals surface area contributed by atoms with Crippen LogP contribution in [0.4, 0.5) is 0 Å². The molecule has 3 atom stereocenters. The Kier molecular flexibility index (Phi) is 6.32. The maximum Gasteiger partial charge on any atom is 0.302 e. The van der Waals surface area contributed by atoms with Crippen LogP contribution in [0.5, 0.6) is 0 Å². The van der Waals surface area contributed by atoms with E-state index < -0.39 is 0 Å². The van der Waals surface area contributed by atoms with Crippen molar-refractivity contribution in [2.24, 2.45) is 23.7 Å². The van der Waals surface area contributed by atoms with Gasteiger partial charge in [-0.1, -0.05) is 27.2 Å². The maximum atomic E-state index is 12.3. The van der Waals surface area contributed by atoms with Crippen LogP contribution in [0.1, 0.15) is 47.0 Å². The molecule has 1 aliphatic rings. The lowest BCUT2D eigenvalue weighted by Crippen LogP contribution is -2.41. The zero-order valence-electron chi connectivity index (χ0n) is 12.6. The van der Waals surface area contributed by atoms with Gasteiger partial charge in [-0.15, -0.1) is 0 Å². The van der Waals surface area contributed by atoms with Gasteiger partial charge in [0.1, 0.15) is 6.61 Å². The summed E-state index contributed by atoms with van der Waals surface area (Å²) in [6.45, 7) is 8.65. The minimum Gasteiger partial charge on any atom is -0.464 e. The Morgan fingerprint density at radius 1 is 1.32 bits per heavy atom. The highest BCUT2D eigenvalue weighted by Crippen LogP contribution is 2.37. The summed E-state index contributed by atoms with van der Waals surface area (Å²) in [5.41, 5.74) is 0.